The van der Waals surface area contributed by atoms with Crippen LogP contribution in [0, 0.1) is 22.0 Å². The van der Waals surface area contributed by atoms with Crippen LogP contribution in [0.3, 0.4) is 0 Å². The Kier molecular flexibility index (Phi) is 6.54. The molecule has 1 unspecified atom stereocenters. The minimum Gasteiger partial charge on any atom is -0.481 e. The molecule has 0 aliphatic carbocycles. The fourth-order valence-corrected chi connectivity index (χ4v) is 3.34. The van der Waals surface area contributed by atoms with Crippen LogP contribution in [0.25, 0.3) is 0 Å². The topological polar surface area (TPSA) is 119 Å². The van der Waals surface area contributed by atoms with Crippen LogP contribution in [0.1, 0.15) is 49.5 Å². The molecule has 148 valence electrons. The van der Waals surface area contributed by atoms with Crippen molar-refractivity contribution < 1.29 is 24.4 Å². The minimum absolute atomic E-state index is 0.0202. The molecule has 1 atom stereocenters. The van der Waals surface area contributed by atoms with E-state index in [1.807, 2.05) is 20.8 Å². The van der Waals surface area contributed by atoms with Gasteiger partial charge in [0.25, 0.3) is 11.6 Å². The van der Waals surface area contributed by atoms with E-state index in [1.165, 1.54) is 12.1 Å². The Hall–Kier alpha value is -2.48. The third-order valence-corrected chi connectivity index (χ3v) is 4.90. The number of nitrogens with zero attached hydrogens (tertiary/aromatic N) is 1. The third kappa shape index (κ3) is 5.26. The van der Waals surface area contributed by atoms with Gasteiger partial charge in [0.2, 0.25) is 0 Å². The zero-order valence-corrected chi connectivity index (χ0v) is 15.9. The fraction of sp³-hybridized carbons (Fsp3) is 0.579. The number of nitro benzene ring substituents is 1. The first-order chi connectivity index (χ1) is 12.6. The normalized spacial score (nSPS) is 16.6. The highest BCUT2D eigenvalue weighted by molar-refractivity contribution is 5.95. The van der Waals surface area contributed by atoms with Gasteiger partial charge in [0.1, 0.15) is 0 Å². The lowest BCUT2D eigenvalue weighted by atomic mass is 9.85. The summed E-state index contributed by atoms with van der Waals surface area (Å²) in [5.41, 5.74) is 0.129. The predicted molar refractivity (Wildman–Crippen MR) is 98.8 cm³/mol. The highest BCUT2D eigenvalue weighted by atomic mass is 16.6. The van der Waals surface area contributed by atoms with Crippen LogP contribution in [-0.4, -0.2) is 41.7 Å². The number of benzene rings is 1. The second-order valence-corrected chi connectivity index (χ2v) is 7.84. The van der Waals surface area contributed by atoms with Gasteiger partial charge in [-0.25, -0.2) is 0 Å². The number of carbonyl (C=O) groups is 2. The summed E-state index contributed by atoms with van der Waals surface area (Å²) < 4.78 is 5.25. The summed E-state index contributed by atoms with van der Waals surface area (Å²) in [7, 11) is 0. The van der Waals surface area contributed by atoms with Crippen molar-refractivity contribution in [2.45, 2.75) is 39.0 Å². The lowest BCUT2D eigenvalue weighted by Gasteiger charge is -2.27. The molecule has 8 nitrogen and oxygen atoms in total. The third-order valence-electron chi connectivity index (χ3n) is 4.90. The summed E-state index contributed by atoms with van der Waals surface area (Å²) in [4.78, 5) is 34.9. The molecule has 1 aromatic rings. The van der Waals surface area contributed by atoms with Gasteiger partial charge in [0.05, 0.1) is 10.8 Å². The van der Waals surface area contributed by atoms with E-state index in [4.69, 9.17) is 4.74 Å². The summed E-state index contributed by atoms with van der Waals surface area (Å²) in [5, 5.41) is 23.5. The zero-order valence-electron chi connectivity index (χ0n) is 15.9. The van der Waals surface area contributed by atoms with Crippen LogP contribution in [0.4, 0.5) is 5.69 Å². The first kappa shape index (κ1) is 20.8. The van der Waals surface area contributed by atoms with Crippen molar-refractivity contribution in [3.05, 3.63) is 39.4 Å². The van der Waals surface area contributed by atoms with Gasteiger partial charge < -0.3 is 15.2 Å². The number of carboxylic acids is 1. The quantitative estimate of drug-likeness (QED) is 0.580. The van der Waals surface area contributed by atoms with Crippen molar-refractivity contribution >= 4 is 17.6 Å². The number of carbonyl (C=O) groups excluding carboxylic acids is 1. The molecule has 1 aliphatic rings. The predicted octanol–water partition coefficient (Wildman–Crippen LogP) is 2.75. The average Bonchev–Trinajstić information content (AvgIpc) is 2.61. The highest BCUT2D eigenvalue weighted by Gasteiger charge is 2.31. The molecule has 1 aromatic carbocycles. The average molecular weight is 378 g/mol. The van der Waals surface area contributed by atoms with Crippen LogP contribution in [0.2, 0.25) is 0 Å². The van der Waals surface area contributed by atoms with Crippen molar-refractivity contribution in [2.75, 3.05) is 19.8 Å². The van der Waals surface area contributed by atoms with Gasteiger partial charge in [-0.05, 0) is 30.2 Å². The van der Waals surface area contributed by atoms with Gasteiger partial charge >= 0.3 is 5.97 Å². The van der Waals surface area contributed by atoms with E-state index in [-0.39, 0.29) is 23.7 Å². The summed E-state index contributed by atoms with van der Waals surface area (Å²) in [6.45, 7) is 6.60. The zero-order chi connectivity index (χ0) is 20.2. The van der Waals surface area contributed by atoms with Crippen molar-refractivity contribution in [3.8, 4) is 0 Å². The van der Waals surface area contributed by atoms with Crippen LogP contribution in [-0.2, 0) is 14.9 Å². The second kappa shape index (κ2) is 8.47. The lowest BCUT2D eigenvalue weighted by Crippen LogP contribution is -2.39. The number of hydrogen-bond acceptors (Lipinski definition) is 5. The number of ether oxygens (including phenoxy) is 1. The Labute approximate surface area is 158 Å². The molecule has 27 heavy (non-hydrogen) atoms. The molecule has 2 rings (SSSR count). The largest absolute Gasteiger partial charge is 0.481 e. The molecule has 1 aliphatic heterocycles. The van der Waals surface area contributed by atoms with Gasteiger partial charge in [-0.3, -0.25) is 19.7 Å². The van der Waals surface area contributed by atoms with E-state index >= 15 is 0 Å². The standard InChI is InChI=1S/C19H26N2O6/c1-19(2,3)15-5-4-13(10-16(15)21(25)26)17(22)20-11-14(18(23)24)12-6-8-27-9-7-12/h4-5,10,12,14H,6-9,11H2,1-3H3,(H,20,22)(H,23,24). The molecule has 0 radical (unpaired) electrons. The van der Waals surface area contributed by atoms with E-state index in [9.17, 15) is 24.8 Å². The van der Waals surface area contributed by atoms with Crippen molar-refractivity contribution in [1.29, 1.82) is 0 Å². The number of nitrogens with one attached hydrogen (secondary N) is 1. The van der Waals surface area contributed by atoms with Crippen LogP contribution < -0.4 is 5.32 Å². The van der Waals surface area contributed by atoms with E-state index in [1.54, 1.807) is 6.07 Å². The fourth-order valence-electron chi connectivity index (χ4n) is 3.34. The molecule has 0 spiro atoms. The first-order valence-electron chi connectivity index (χ1n) is 8.99. The molecule has 8 heteroatoms. The molecule has 0 saturated carbocycles. The number of aliphatic carboxylic acids is 1. The van der Waals surface area contributed by atoms with Gasteiger partial charge in [-0.2, -0.15) is 0 Å². The maximum Gasteiger partial charge on any atom is 0.308 e. The minimum atomic E-state index is -0.962. The number of nitro groups is 1. The van der Waals surface area contributed by atoms with Crippen LogP contribution >= 0.6 is 0 Å². The molecule has 1 heterocycles. The van der Waals surface area contributed by atoms with Crippen LogP contribution in [0.5, 0.6) is 0 Å². The number of rotatable bonds is 6. The molecule has 1 saturated heterocycles. The Morgan fingerprint density at radius 1 is 1.33 bits per heavy atom. The van der Waals surface area contributed by atoms with Crippen molar-refractivity contribution in [3.63, 3.8) is 0 Å². The maximum absolute atomic E-state index is 12.4. The molecule has 0 bridgehead atoms. The Balaban J connectivity index is 2.13. The van der Waals surface area contributed by atoms with Crippen molar-refractivity contribution in [1.82, 2.24) is 5.32 Å². The molecule has 1 fully saturated rings. The van der Waals surface area contributed by atoms with E-state index < -0.39 is 28.1 Å². The summed E-state index contributed by atoms with van der Waals surface area (Å²) >= 11 is 0. The smallest absolute Gasteiger partial charge is 0.308 e. The Morgan fingerprint density at radius 2 is 1.96 bits per heavy atom. The van der Waals surface area contributed by atoms with E-state index in [2.05, 4.69) is 5.32 Å². The number of carboxylic acid groups (broad SMARTS) is 1. The SMILES string of the molecule is CC(C)(C)c1ccc(C(=O)NCC(C(=O)O)C2CCOCC2)cc1[N+](=O)[O-]. The number of amides is 1. The van der Waals surface area contributed by atoms with E-state index in [0.29, 0.717) is 31.6 Å². The van der Waals surface area contributed by atoms with Crippen LogP contribution in [0.15, 0.2) is 18.2 Å². The van der Waals surface area contributed by atoms with E-state index in [0.717, 1.165) is 0 Å². The van der Waals surface area contributed by atoms with Crippen molar-refractivity contribution in [2.24, 2.45) is 11.8 Å². The molecular formula is C19H26N2O6. The summed E-state index contributed by atoms with van der Waals surface area (Å²) in [5.74, 6) is -2.25. The molecule has 2 N–H and O–H groups in total. The monoisotopic (exact) mass is 378 g/mol. The summed E-state index contributed by atoms with van der Waals surface area (Å²) in [6, 6.07) is 4.37. The Morgan fingerprint density at radius 3 is 2.48 bits per heavy atom. The number of hydrogen-bond donors (Lipinski definition) is 2. The summed E-state index contributed by atoms with van der Waals surface area (Å²) in [6.07, 6.45) is 1.27. The Bertz CT molecular complexity index is 719. The second-order valence-electron chi connectivity index (χ2n) is 7.84. The maximum atomic E-state index is 12.4. The van der Waals surface area contributed by atoms with Gasteiger partial charge in [0.15, 0.2) is 0 Å². The van der Waals surface area contributed by atoms with Gasteiger partial charge in [0, 0.05) is 37.0 Å². The molecular weight excluding hydrogens is 352 g/mol. The van der Waals surface area contributed by atoms with Gasteiger partial charge in [-0.1, -0.05) is 26.8 Å². The lowest BCUT2D eigenvalue weighted by molar-refractivity contribution is -0.386. The first-order valence-corrected chi connectivity index (χ1v) is 8.99. The highest BCUT2D eigenvalue weighted by Crippen LogP contribution is 2.32. The molecule has 1 amide bonds. The van der Waals surface area contributed by atoms with Gasteiger partial charge in [-0.15, -0.1) is 0 Å². The molecule has 0 aromatic heterocycles.